The Bertz CT molecular complexity index is 462. The lowest BCUT2D eigenvalue weighted by atomic mass is 10.1. The number of rotatable bonds is 3. The minimum Gasteiger partial charge on any atom is -0.450 e. The molecule has 1 aromatic carbocycles. The van der Waals surface area contributed by atoms with Crippen molar-refractivity contribution < 1.29 is 18.8 Å². The van der Waals surface area contributed by atoms with Crippen LogP contribution in [-0.2, 0) is 4.74 Å². The molecule has 1 aromatic rings. The molecule has 0 aliphatic carbocycles. The predicted octanol–water partition coefficient (Wildman–Crippen LogP) is 2.61. The number of nitro benzene ring substituents is 1. The van der Waals surface area contributed by atoms with Crippen LogP contribution in [-0.4, -0.2) is 17.6 Å². The van der Waals surface area contributed by atoms with Gasteiger partial charge in [-0.1, -0.05) is 0 Å². The van der Waals surface area contributed by atoms with Crippen molar-refractivity contribution in [3.63, 3.8) is 0 Å². The molecule has 0 saturated heterocycles. The van der Waals surface area contributed by atoms with Gasteiger partial charge >= 0.3 is 6.09 Å². The van der Waals surface area contributed by atoms with E-state index in [1.54, 1.807) is 6.92 Å². The van der Waals surface area contributed by atoms with Crippen LogP contribution in [0.15, 0.2) is 12.1 Å². The van der Waals surface area contributed by atoms with Gasteiger partial charge in [0.1, 0.15) is 5.82 Å². The molecule has 17 heavy (non-hydrogen) atoms. The minimum atomic E-state index is -0.787. The van der Waals surface area contributed by atoms with Crippen molar-refractivity contribution in [1.82, 2.24) is 0 Å². The molecular formula is C10H11FN2O4. The minimum absolute atomic E-state index is 0.0155. The van der Waals surface area contributed by atoms with Crippen LogP contribution in [0.5, 0.6) is 0 Å². The summed E-state index contributed by atoms with van der Waals surface area (Å²) in [6.45, 7) is 3.06. The Kier molecular flexibility index (Phi) is 3.97. The Morgan fingerprint density at radius 3 is 2.76 bits per heavy atom. The van der Waals surface area contributed by atoms with Crippen molar-refractivity contribution in [2.24, 2.45) is 0 Å². The smallest absolute Gasteiger partial charge is 0.411 e. The average molecular weight is 242 g/mol. The van der Waals surface area contributed by atoms with Gasteiger partial charge in [0.15, 0.2) is 0 Å². The van der Waals surface area contributed by atoms with Crippen LogP contribution in [0, 0.1) is 22.9 Å². The van der Waals surface area contributed by atoms with Gasteiger partial charge in [-0.2, -0.15) is 0 Å². The van der Waals surface area contributed by atoms with Crippen LogP contribution in [0.25, 0.3) is 0 Å². The molecule has 6 nitrogen and oxygen atoms in total. The summed E-state index contributed by atoms with van der Waals surface area (Å²) in [5.74, 6) is -0.758. The lowest BCUT2D eigenvalue weighted by Gasteiger charge is -2.06. The van der Waals surface area contributed by atoms with Crippen molar-refractivity contribution in [2.75, 3.05) is 11.9 Å². The van der Waals surface area contributed by atoms with E-state index in [1.807, 2.05) is 0 Å². The average Bonchev–Trinajstić information content (AvgIpc) is 2.23. The Balaban J connectivity index is 3.02. The predicted molar refractivity (Wildman–Crippen MR) is 58.4 cm³/mol. The molecule has 0 bridgehead atoms. The standard InChI is InChI=1S/C10H11FN2O4/c1-3-17-10(14)12-7-4-8(11)6(2)9(5-7)13(15)16/h4-5H,3H2,1-2H3,(H,12,14). The third-order valence-corrected chi connectivity index (χ3v) is 2.04. The van der Waals surface area contributed by atoms with Gasteiger partial charge < -0.3 is 4.74 Å². The number of nitro groups is 1. The molecule has 0 fully saturated rings. The van der Waals surface area contributed by atoms with Crippen molar-refractivity contribution in [3.05, 3.63) is 33.6 Å². The number of anilines is 1. The van der Waals surface area contributed by atoms with Crippen LogP contribution in [0.1, 0.15) is 12.5 Å². The van der Waals surface area contributed by atoms with E-state index < -0.39 is 22.5 Å². The lowest BCUT2D eigenvalue weighted by molar-refractivity contribution is -0.385. The van der Waals surface area contributed by atoms with E-state index in [1.165, 1.54) is 6.92 Å². The van der Waals surface area contributed by atoms with Crippen molar-refractivity contribution in [3.8, 4) is 0 Å². The third-order valence-electron chi connectivity index (χ3n) is 2.04. The topological polar surface area (TPSA) is 81.5 Å². The van der Waals surface area contributed by atoms with Gasteiger partial charge in [-0.05, 0) is 19.9 Å². The molecule has 0 radical (unpaired) electrons. The van der Waals surface area contributed by atoms with Crippen LogP contribution in [0.2, 0.25) is 0 Å². The molecule has 0 aliphatic rings. The zero-order valence-corrected chi connectivity index (χ0v) is 9.32. The summed E-state index contributed by atoms with van der Waals surface area (Å²) in [6, 6.07) is 2.08. The van der Waals surface area contributed by atoms with E-state index in [0.29, 0.717) is 0 Å². The number of carbonyl (C=O) groups is 1. The highest BCUT2D eigenvalue weighted by molar-refractivity contribution is 5.85. The van der Waals surface area contributed by atoms with Gasteiger partial charge in [-0.15, -0.1) is 0 Å². The summed E-state index contributed by atoms with van der Waals surface area (Å²) >= 11 is 0. The molecule has 1 N–H and O–H groups in total. The van der Waals surface area contributed by atoms with E-state index >= 15 is 0 Å². The monoisotopic (exact) mass is 242 g/mol. The number of carbonyl (C=O) groups excluding carboxylic acids is 1. The first-order valence-corrected chi connectivity index (χ1v) is 4.84. The maximum absolute atomic E-state index is 13.3. The van der Waals surface area contributed by atoms with Gasteiger partial charge in [0.2, 0.25) is 0 Å². The van der Waals surface area contributed by atoms with E-state index in [0.717, 1.165) is 12.1 Å². The Morgan fingerprint density at radius 2 is 2.24 bits per heavy atom. The largest absolute Gasteiger partial charge is 0.450 e. The SMILES string of the molecule is CCOC(=O)Nc1cc(F)c(C)c([N+](=O)[O-])c1. The number of benzene rings is 1. The number of halogens is 1. The fraction of sp³-hybridized carbons (Fsp3) is 0.300. The third kappa shape index (κ3) is 3.13. The molecule has 1 amide bonds. The summed E-state index contributed by atoms with van der Waals surface area (Å²) in [7, 11) is 0. The molecule has 7 heteroatoms. The van der Waals surface area contributed by atoms with Crippen LogP contribution >= 0.6 is 0 Å². The number of ether oxygens (including phenoxy) is 1. The highest BCUT2D eigenvalue weighted by Crippen LogP contribution is 2.25. The van der Waals surface area contributed by atoms with Gasteiger partial charge in [-0.25, -0.2) is 9.18 Å². The number of nitrogens with one attached hydrogen (secondary N) is 1. The first kappa shape index (κ1) is 12.9. The molecule has 0 atom stereocenters. The second-order valence-corrected chi connectivity index (χ2v) is 3.20. The summed E-state index contributed by atoms with van der Waals surface area (Å²) < 4.78 is 17.9. The normalized spacial score (nSPS) is 9.82. The van der Waals surface area contributed by atoms with E-state index in [9.17, 15) is 19.3 Å². The Hall–Kier alpha value is -2.18. The number of nitrogens with zero attached hydrogens (tertiary/aromatic N) is 1. The summed E-state index contributed by atoms with van der Waals surface area (Å²) in [5, 5.41) is 12.8. The second-order valence-electron chi connectivity index (χ2n) is 3.20. The van der Waals surface area contributed by atoms with Gasteiger partial charge in [-0.3, -0.25) is 15.4 Å². The van der Waals surface area contributed by atoms with Crippen molar-refractivity contribution >= 4 is 17.5 Å². The maximum Gasteiger partial charge on any atom is 0.411 e. The molecule has 0 spiro atoms. The Labute approximate surface area is 96.5 Å². The molecule has 0 unspecified atom stereocenters. The first-order chi connectivity index (χ1) is 7.95. The van der Waals surface area contributed by atoms with Crippen LogP contribution in [0.3, 0.4) is 0 Å². The zero-order valence-electron chi connectivity index (χ0n) is 9.32. The molecule has 1 rings (SSSR count). The molecule has 0 heterocycles. The fourth-order valence-electron chi connectivity index (χ4n) is 1.21. The van der Waals surface area contributed by atoms with Gasteiger partial charge in [0.25, 0.3) is 5.69 Å². The van der Waals surface area contributed by atoms with Crippen LogP contribution in [0.4, 0.5) is 20.6 Å². The molecule has 0 saturated carbocycles. The number of hydrogen-bond donors (Lipinski definition) is 1. The van der Waals surface area contributed by atoms with Crippen molar-refractivity contribution in [2.45, 2.75) is 13.8 Å². The van der Waals surface area contributed by atoms with Crippen molar-refractivity contribution in [1.29, 1.82) is 0 Å². The van der Waals surface area contributed by atoms with Gasteiger partial charge in [0, 0.05) is 6.07 Å². The highest BCUT2D eigenvalue weighted by Gasteiger charge is 2.17. The number of hydrogen-bond acceptors (Lipinski definition) is 4. The van der Waals surface area contributed by atoms with E-state index in [-0.39, 0.29) is 17.9 Å². The summed E-state index contributed by atoms with van der Waals surface area (Å²) in [4.78, 5) is 21.0. The quantitative estimate of drug-likeness (QED) is 0.652. The molecular weight excluding hydrogens is 231 g/mol. The van der Waals surface area contributed by atoms with Gasteiger partial charge in [0.05, 0.1) is 22.8 Å². The first-order valence-electron chi connectivity index (χ1n) is 4.84. The van der Waals surface area contributed by atoms with E-state index in [2.05, 4.69) is 10.1 Å². The summed E-state index contributed by atoms with van der Waals surface area (Å²) in [5.41, 5.74) is -0.487. The zero-order chi connectivity index (χ0) is 13.0. The highest BCUT2D eigenvalue weighted by atomic mass is 19.1. The summed E-state index contributed by atoms with van der Waals surface area (Å²) in [6.07, 6.45) is -0.787. The van der Waals surface area contributed by atoms with Crippen LogP contribution < -0.4 is 5.32 Å². The lowest BCUT2D eigenvalue weighted by Crippen LogP contribution is -2.13. The Morgan fingerprint density at radius 1 is 1.59 bits per heavy atom. The molecule has 0 aromatic heterocycles. The fourth-order valence-corrected chi connectivity index (χ4v) is 1.21. The molecule has 0 aliphatic heterocycles. The number of amides is 1. The van der Waals surface area contributed by atoms with E-state index in [4.69, 9.17) is 0 Å². The molecule has 92 valence electrons. The maximum atomic E-state index is 13.3. The second kappa shape index (κ2) is 5.24.